The van der Waals surface area contributed by atoms with Crippen LogP contribution in [0.25, 0.3) is 11.6 Å². The molecule has 0 atom stereocenters. The second-order valence-corrected chi connectivity index (χ2v) is 4.95. The predicted octanol–water partition coefficient (Wildman–Crippen LogP) is 2.76. The van der Waals surface area contributed by atoms with Gasteiger partial charge in [-0.25, -0.2) is 0 Å². The quantitative estimate of drug-likeness (QED) is 0.683. The first kappa shape index (κ1) is 12.0. The molecule has 0 bridgehead atoms. The fourth-order valence-corrected chi connectivity index (χ4v) is 2.40. The van der Waals surface area contributed by atoms with E-state index in [0.29, 0.717) is 11.1 Å². The number of aryl methyl sites for hydroxylation is 1. The summed E-state index contributed by atoms with van der Waals surface area (Å²) in [5, 5.41) is 8.68. The number of hydrogen-bond donors (Lipinski definition) is 0. The van der Waals surface area contributed by atoms with E-state index in [1.165, 1.54) is 17.3 Å². The van der Waals surface area contributed by atoms with E-state index in [4.69, 9.17) is 4.42 Å². The van der Waals surface area contributed by atoms with Crippen molar-refractivity contribution in [3.05, 3.63) is 48.4 Å². The molecule has 3 rings (SSSR count). The lowest BCUT2D eigenvalue weighted by Gasteiger charge is -1.97. The molecule has 0 spiro atoms. The minimum Gasteiger partial charge on any atom is -0.410 e. The van der Waals surface area contributed by atoms with Crippen molar-refractivity contribution < 1.29 is 4.42 Å². The van der Waals surface area contributed by atoms with Gasteiger partial charge in [-0.15, -0.1) is 10.2 Å². The van der Waals surface area contributed by atoms with Crippen molar-refractivity contribution in [2.75, 3.05) is 0 Å². The van der Waals surface area contributed by atoms with Crippen molar-refractivity contribution in [3.8, 4) is 11.6 Å². The van der Waals surface area contributed by atoms with Gasteiger partial charge in [0.1, 0.15) is 5.69 Å². The molecule has 0 unspecified atom stereocenters. The molecule has 6 heteroatoms. The Morgan fingerprint density at radius 2 is 2.05 bits per heavy atom. The Labute approximate surface area is 114 Å². The van der Waals surface area contributed by atoms with Crippen LogP contribution in [0.15, 0.2) is 52.5 Å². The molecule has 0 aliphatic carbocycles. The summed E-state index contributed by atoms with van der Waals surface area (Å²) in [6, 6.07) is 7.84. The molecule has 0 radical (unpaired) electrons. The molecule has 0 saturated heterocycles. The zero-order valence-electron chi connectivity index (χ0n) is 10.4. The van der Waals surface area contributed by atoms with Gasteiger partial charge in [0, 0.05) is 31.4 Å². The predicted molar refractivity (Wildman–Crippen MR) is 72.5 cm³/mol. The first-order valence-corrected chi connectivity index (χ1v) is 6.78. The Balaban J connectivity index is 1.71. The number of pyridine rings is 1. The summed E-state index contributed by atoms with van der Waals surface area (Å²) in [5.74, 6) is 1.34. The zero-order valence-corrected chi connectivity index (χ0v) is 11.2. The van der Waals surface area contributed by atoms with Crippen molar-refractivity contribution in [1.29, 1.82) is 0 Å². The summed E-state index contributed by atoms with van der Waals surface area (Å²) >= 11 is 1.52. The maximum atomic E-state index is 5.63. The highest BCUT2D eigenvalue weighted by atomic mass is 32.2. The van der Waals surface area contributed by atoms with Crippen molar-refractivity contribution >= 4 is 11.8 Å². The van der Waals surface area contributed by atoms with Crippen LogP contribution in [0.3, 0.4) is 0 Å². The second-order valence-electron chi connectivity index (χ2n) is 4.02. The molecule has 0 N–H and O–H groups in total. The van der Waals surface area contributed by atoms with Crippen molar-refractivity contribution in [1.82, 2.24) is 19.7 Å². The smallest absolute Gasteiger partial charge is 0.277 e. The van der Waals surface area contributed by atoms with E-state index in [1.807, 2.05) is 42.1 Å². The third-order valence-electron chi connectivity index (χ3n) is 2.68. The summed E-state index contributed by atoms with van der Waals surface area (Å²) in [4.78, 5) is 3.98. The minimum absolute atomic E-state index is 0.546. The van der Waals surface area contributed by atoms with Gasteiger partial charge in [-0.2, -0.15) is 0 Å². The molecule has 19 heavy (non-hydrogen) atoms. The van der Waals surface area contributed by atoms with E-state index < -0.39 is 0 Å². The Bertz CT molecular complexity index is 662. The van der Waals surface area contributed by atoms with Crippen LogP contribution >= 0.6 is 11.8 Å². The highest BCUT2D eigenvalue weighted by Crippen LogP contribution is 2.25. The average molecular weight is 272 g/mol. The van der Waals surface area contributed by atoms with Gasteiger partial charge in [0.2, 0.25) is 0 Å². The van der Waals surface area contributed by atoms with E-state index in [-0.39, 0.29) is 0 Å². The normalized spacial score (nSPS) is 10.8. The molecule has 0 fully saturated rings. The Kier molecular flexibility index (Phi) is 3.33. The standard InChI is InChI=1S/C13H12N4OS/c1-17-8-2-3-11(17)12-15-16-13(18-12)19-9-10-4-6-14-7-5-10/h2-8H,9H2,1H3. The summed E-state index contributed by atoms with van der Waals surface area (Å²) in [5.41, 5.74) is 2.10. The Morgan fingerprint density at radius 3 is 2.79 bits per heavy atom. The van der Waals surface area contributed by atoms with E-state index in [2.05, 4.69) is 15.2 Å². The SMILES string of the molecule is Cn1cccc1-c1nnc(SCc2ccncc2)o1. The Morgan fingerprint density at radius 1 is 1.21 bits per heavy atom. The van der Waals surface area contributed by atoms with Gasteiger partial charge in [0.25, 0.3) is 11.1 Å². The molecule has 0 aliphatic heterocycles. The van der Waals surface area contributed by atoms with Gasteiger partial charge < -0.3 is 8.98 Å². The van der Waals surface area contributed by atoms with Crippen LogP contribution < -0.4 is 0 Å². The molecular formula is C13H12N4OS. The molecule has 96 valence electrons. The van der Waals surface area contributed by atoms with Crippen LogP contribution in [0, 0.1) is 0 Å². The van der Waals surface area contributed by atoms with Crippen molar-refractivity contribution in [3.63, 3.8) is 0 Å². The van der Waals surface area contributed by atoms with E-state index in [0.717, 1.165) is 11.4 Å². The van der Waals surface area contributed by atoms with Gasteiger partial charge in [0.05, 0.1) is 0 Å². The van der Waals surface area contributed by atoms with Crippen LogP contribution in [0.2, 0.25) is 0 Å². The van der Waals surface area contributed by atoms with Crippen LogP contribution in [-0.4, -0.2) is 19.7 Å². The van der Waals surface area contributed by atoms with Crippen LogP contribution in [-0.2, 0) is 12.8 Å². The summed E-state index contributed by atoms with van der Waals surface area (Å²) in [6.07, 6.45) is 5.50. The highest BCUT2D eigenvalue weighted by molar-refractivity contribution is 7.98. The maximum Gasteiger partial charge on any atom is 0.277 e. The first-order valence-electron chi connectivity index (χ1n) is 5.80. The molecule has 0 amide bonds. The fourth-order valence-electron chi connectivity index (χ4n) is 1.68. The lowest BCUT2D eigenvalue weighted by atomic mass is 10.3. The summed E-state index contributed by atoms with van der Waals surface area (Å²) in [6.45, 7) is 0. The molecule has 3 aromatic heterocycles. The molecule has 5 nitrogen and oxygen atoms in total. The maximum absolute atomic E-state index is 5.63. The summed E-state index contributed by atoms with van der Waals surface area (Å²) < 4.78 is 7.58. The largest absolute Gasteiger partial charge is 0.410 e. The summed E-state index contributed by atoms with van der Waals surface area (Å²) in [7, 11) is 1.95. The zero-order chi connectivity index (χ0) is 13.1. The van der Waals surface area contributed by atoms with E-state index in [9.17, 15) is 0 Å². The fraction of sp³-hybridized carbons (Fsp3) is 0.154. The van der Waals surface area contributed by atoms with Gasteiger partial charge in [0.15, 0.2) is 0 Å². The average Bonchev–Trinajstić information content (AvgIpc) is 3.06. The molecule has 0 saturated carbocycles. The molecule has 3 heterocycles. The first-order chi connectivity index (χ1) is 9.33. The highest BCUT2D eigenvalue weighted by Gasteiger charge is 2.11. The van der Waals surface area contributed by atoms with Crippen LogP contribution in [0.5, 0.6) is 0 Å². The van der Waals surface area contributed by atoms with E-state index in [1.54, 1.807) is 12.4 Å². The molecular weight excluding hydrogens is 260 g/mol. The molecule has 0 aromatic carbocycles. The number of nitrogens with zero attached hydrogens (tertiary/aromatic N) is 4. The van der Waals surface area contributed by atoms with Gasteiger partial charge >= 0.3 is 0 Å². The lowest BCUT2D eigenvalue weighted by molar-refractivity contribution is 0.463. The topological polar surface area (TPSA) is 56.7 Å². The van der Waals surface area contributed by atoms with Gasteiger partial charge in [-0.05, 0) is 29.8 Å². The van der Waals surface area contributed by atoms with Gasteiger partial charge in [-0.3, -0.25) is 4.98 Å². The van der Waals surface area contributed by atoms with E-state index >= 15 is 0 Å². The minimum atomic E-state index is 0.546. The lowest BCUT2D eigenvalue weighted by Crippen LogP contribution is -1.88. The Hall–Kier alpha value is -2.08. The molecule has 0 aliphatic rings. The second kappa shape index (κ2) is 5.27. The van der Waals surface area contributed by atoms with Crippen molar-refractivity contribution in [2.24, 2.45) is 7.05 Å². The molecule has 3 aromatic rings. The monoisotopic (exact) mass is 272 g/mol. The van der Waals surface area contributed by atoms with Crippen LogP contribution in [0.1, 0.15) is 5.56 Å². The van der Waals surface area contributed by atoms with Gasteiger partial charge in [-0.1, -0.05) is 11.8 Å². The van der Waals surface area contributed by atoms with Crippen molar-refractivity contribution in [2.45, 2.75) is 11.0 Å². The third kappa shape index (κ3) is 2.68. The third-order valence-corrected chi connectivity index (χ3v) is 3.57. The number of hydrogen-bond acceptors (Lipinski definition) is 5. The number of rotatable bonds is 4. The van der Waals surface area contributed by atoms with Crippen LogP contribution in [0.4, 0.5) is 0 Å². The number of thioether (sulfide) groups is 1. The number of aromatic nitrogens is 4.